The van der Waals surface area contributed by atoms with Crippen molar-refractivity contribution in [3.63, 3.8) is 0 Å². The molecule has 1 unspecified atom stereocenters. The lowest BCUT2D eigenvalue weighted by atomic mass is 10.5. The van der Waals surface area contributed by atoms with Crippen LogP contribution >= 0.6 is 0 Å². The molecule has 62 heavy (non-hydrogen) atoms. The van der Waals surface area contributed by atoms with Crippen LogP contribution in [0.15, 0.2) is 0 Å². The van der Waals surface area contributed by atoms with Crippen LogP contribution in [0.4, 0.5) is 0 Å². The second-order valence-corrected chi connectivity index (χ2v) is 41.6. The van der Waals surface area contributed by atoms with Gasteiger partial charge in [0.25, 0.3) is 0 Å². The lowest BCUT2D eigenvalue weighted by Crippen LogP contribution is -2.60. The third-order valence-electron chi connectivity index (χ3n) is 7.59. The Morgan fingerprint density at radius 1 is 0.242 bits per heavy atom. The summed E-state index contributed by atoms with van der Waals surface area (Å²) in [5.74, 6) is 0. The van der Waals surface area contributed by atoms with Crippen LogP contribution in [0, 0.1) is 0 Å². The van der Waals surface area contributed by atoms with Gasteiger partial charge in [-0.15, -0.1) is 0 Å². The van der Waals surface area contributed by atoms with Gasteiger partial charge in [-0.25, -0.2) is 0 Å². The van der Waals surface area contributed by atoms with E-state index in [0.717, 1.165) is 12.5 Å². The molecule has 17 nitrogen and oxygen atoms in total. The van der Waals surface area contributed by atoms with Crippen LogP contribution in [0.5, 0.6) is 0 Å². The molecule has 0 aromatic carbocycles. The Morgan fingerprint density at radius 2 is 0.468 bits per heavy atom. The molecular formula is C39H92O17Si6. The summed E-state index contributed by atoms with van der Waals surface area (Å²) in [6.45, 7) is 40.1. The van der Waals surface area contributed by atoms with Gasteiger partial charge in [-0.2, -0.15) is 0 Å². The van der Waals surface area contributed by atoms with Crippen LogP contribution in [-0.2, 0) is 77.4 Å². The first kappa shape index (κ1) is 62.6. The van der Waals surface area contributed by atoms with Gasteiger partial charge in [0.1, 0.15) is 0 Å². The average Bonchev–Trinajstić information content (AvgIpc) is 3.11. The van der Waals surface area contributed by atoms with Crippen LogP contribution in [0.1, 0.15) is 6.42 Å². The molecule has 0 aliphatic heterocycles. The molecule has 0 fully saturated rings. The molecule has 0 saturated carbocycles. The maximum Gasteiger partial charge on any atom is 0.315 e. The van der Waals surface area contributed by atoms with Crippen molar-refractivity contribution < 1.29 is 77.4 Å². The van der Waals surface area contributed by atoms with Crippen molar-refractivity contribution in [2.45, 2.75) is 97.6 Å². The largest absolute Gasteiger partial charge is 0.437 e. The highest BCUT2D eigenvalue weighted by atomic mass is 28.5. The van der Waals surface area contributed by atoms with E-state index in [0.29, 0.717) is 152 Å². The molecule has 0 bridgehead atoms. The minimum absolute atomic E-state index is 0.499. The molecule has 23 heteroatoms. The highest BCUT2D eigenvalue weighted by molar-refractivity contribution is 6.91. The zero-order chi connectivity index (χ0) is 46.7. The van der Waals surface area contributed by atoms with Gasteiger partial charge in [-0.3, -0.25) is 0 Å². The summed E-state index contributed by atoms with van der Waals surface area (Å²) in [6.07, 6.45) is 0.845. The van der Waals surface area contributed by atoms with Crippen molar-refractivity contribution >= 4 is 50.9 Å². The molecule has 0 spiro atoms. The highest BCUT2D eigenvalue weighted by Crippen LogP contribution is 2.29. The molecule has 0 aliphatic carbocycles. The van der Waals surface area contributed by atoms with Crippen molar-refractivity contribution in [3.05, 3.63) is 0 Å². The normalized spacial score (nSPS) is 14.2. The molecule has 0 radical (unpaired) electrons. The van der Waals surface area contributed by atoms with E-state index >= 15 is 0 Å². The van der Waals surface area contributed by atoms with Gasteiger partial charge in [-0.05, 0) is 97.6 Å². The lowest BCUT2D eigenvalue weighted by molar-refractivity contribution is -0.0280. The summed E-state index contributed by atoms with van der Waals surface area (Å²) < 4.78 is 99.4. The van der Waals surface area contributed by atoms with E-state index in [-0.39, 0.29) is 0 Å². The summed E-state index contributed by atoms with van der Waals surface area (Å²) in [4.78, 5) is 0. The monoisotopic (exact) mass is 1000 g/mol. The van der Waals surface area contributed by atoms with Crippen molar-refractivity contribution in [3.8, 4) is 0 Å². The molecule has 374 valence electrons. The van der Waals surface area contributed by atoms with Gasteiger partial charge < -0.3 is 77.4 Å². The number of methoxy groups -OCH3 is 1. The fourth-order valence-electron chi connectivity index (χ4n) is 6.21. The first-order valence-electron chi connectivity index (χ1n) is 22.4. The Labute approximate surface area is 383 Å². The SMILES string of the molecule is COCCOCCOCCOCCOCCOCCOCCOCCOCCOCCOCCOCCC[Si](C)(O[Si](C)(C)C)O[Si](C)(C)O[Si](C)(C)O[Si](C)(C)O[Si](C)(C)C. The molecule has 0 amide bonds. The standard InChI is InChI=1S/C39H92O17Si6/c1-40-17-18-42-21-22-44-25-26-46-29-30-48-33-34-50-37-38-51-36-35-49-32-31-47-28-27-45-24-23-43-20-19-41-16-15-39-62(14,53-58(5,6)7)56-61(12,13)55-60(10,11)54-59(8,9)52-57(2,3)4/h15-39H2,1-14H3. The molecule has 0 aliphatic rings. The zero-order valence-electron chi connectivity index (χ0n) is 41.6. The number of hydrogen-bond donors (Lipinski definition) is 0. The summed E-state index contributed by atoms with van der Waals surface area (Å²) in [5, 5.41) is 0. The van der Waals surface area contributed by atoms with Crippen molar-refractivity contribution in [2.24, 2.45) is 0 Å². The highest BCUT2D eigenvalue weighted by Gasteiger charge is 2.47. The fourth-order valence-corrected chi connectivity index (χ4v) is 34.7. The number of rotatable bonds is 47. The molecule has 0 saturated heterocycles. The Morgan fingerprint density at radius 3 is 0.726 bits per heavy atom. The first-order chi connectivity index (χ1) is 29.1. The van der Waals surface area contributed by atoms with E-state index in [1.165, 1.54) is 0 Å². The van der Waals surface area contributed by atoms with Crippen LogP contribution in [0.3, 0.4) is 0 Å². The summed E-state index contributed by atoms with van der Waals surface area (Å²) in [7, 11) is -12.0. The van der Waals surface area contributed by atoms with Gasteiger partial charge in [0, 0.05) is 13.7 Å². The Balaban J connectivity index is 3.76. The van der Waals surface area contributed by atoms with E-state index < -0.39 is 50.9 Å². The Kier molecular flexibility index (Phi) is 37.0. The Bertz CT molecular complexity index is 1030. The topological polar surface area (TPSA) is 157 Å². The minimum atomic E-state index is -2.59. The molecule has 0 aromatic rings. The van der Waals surface area contributed by atoms with Crippen molar-refractivity contribution in [1.82, 2.24) is 0 Å². The van der Waals surface area contributed by atoms with Crippen LogP contribution in [0.2, 0.25) is 91.2 Å². The van der Waals surface area contributed by atoms with Gasteiger partial charge in [0.2, 0.25) is 0 Å². The van der Waals surface area contributed by atoms with Crippen LogP contribution in [-0.4, -0.2) is 210 Å². The predicted octanol–water partition coefficient (Wildman–Crippen LogP) is 6.14. The quantitative estimate of drug-likeness (QED) is 0.0506. The fraction of sp³-hybridized carbons (Fsp3) is 1.00. The smallest absolute Gasteiger partial charge is 0.315 e. The first-order valence-corrected chi connectivity index (χ1v) is 40.2. The predicted molar refractivity (Wildman–Crippen MR) is 256 cm³/mol. The second-order valence-electron chi connectivity index (χ2n) is 17.9. The van der Waals surface area contributed by atoms with Gasteiger partial charge in [-0.1, -0.05) is 0 Å². The summed E-state index contributed by atoms with van der Waals surface area (Å²) >= 11 is 0. The van der Waals surface area contributed by atoms with E-state index in [4.69, 9.17) is 77.4 Å². The molecule has 0 heterocycles. The van der Waals surface area contributed by atoms with Crippen molar-refractivity contribution in [1.29, 1.82) is 0 Å². The molecule has 1 atom stereocenters. The summed E-state index contributed by atoms with van der Waals surface area (Å²) in [6, 6.07) is 0.828. The van der Waals surface area contributed by atoms with Crippen LogP contribution < -0.4 is 0 Å². The Hall–Kier alpha value is 0.621. The van der Waals surface area contributed by atoms with Gasteiger partial charge in [0.15, 0.2) is 16.6 Å². The van der Waals surface area contributed by atoms with Gasteiger partial charge in [0.05, 0.1) is 145 Å². The maximum absolute atomic E-state index is 6.91. The molecule has 0 aromatic heterocycles. The van der Waals surface area contributed by atoms with E-state index in [1.807, 2.05) is 0 Å². The number of ether oxygens (including phenoxy) is 12. The van der Waals surface area contributed by atoms with E-state index in [2.05, 4.69) is 85.1 Å². The third kappa shape index (κ3) is 44.5. The maximum atomic E-state index is 6.91. The van der Waals surface area contributed by atoms with Crippen LogP contribution in [0.25, 0.3) is 0 Å². The van der Waals surface area contributed by atoms with E-state index in [9.17, 15) is 0 Å². The van der Waals surface area contributed by atoms with E-state index in [1.54, 1.807) is 7.11 Å². The van der Waals surface area contributed by atoms with Crippen molar-refractivity contribution in [2.75, 3.05) is 159 Å². The summed E-state index contributed by atoms with van der Waals surface area (Å²) in [5.41, 5.74) is 0. The van der Waals surface area contributed by atoms with Gasteiger partial charge >= 0.3 is 34.2 Å². The second kappa shape index (κ2) is 36.6. The molecule has 0 N–H and O–H groups in total. The lowest BCUT2D eigenvalue weighted by Gasteiger charge is -2.43. The molecule has 0 rings (SSSR count). The third-order valence-corrected chi connectivity index (χ3v) is 29.0. The molecular weight excluding hydrogens is 909 g/mol. The number of hydrogen-bond acceptors (Lipinski definition) is 17. The zero-order valence-corrected chi connectivity index (χ0v) is 47.6. The minimum Gasteiger partial charge on any atom is -0.437 e. The average molecular weight is 1000 g/mol.